The summed E-state index contributed by atoms with van der Waals surface area (Å²) in [5, 5.41) is 0.812. The predicted molar refractivity (Wildman–Crippen MR) is 163 cm³/mol. The molecule has 222 valence electrons. The fraction of sp³-hybridized carbons (Fsp3) is 0.226. The third-order valence-corrected chi connectivity index (χ3v) is 8.08. The Balaban J connectivity index is 1.67. The van der Waals surface area contributed by atoms with Crippen LogP contribution < -0.4 is 19.6 Å². The van der Waals surface area contributed by atoms with Crippen LogP contribution in [0.3, 0.4) is 0 Å². The van der Waals surface area contributed by atoms with Gasteiger partial charge in [0.1, 0.15) is 23.3 Å². The first-order valence-electron chi connectivity index (χ1n) is 13.1. The number of ether oxygens (including phenoxy) is 3. The van der Waals surface area contributed by atoms with Crippen LogP contribution >= 0.6 is 34.5 Å². The normalized spacial score (nSPS) is 14.9. The summed E-state index contributed by atoms with van der Waals surface area (Å²) in [5.41, 5.74) is 1.42. The molecule has 1 atom stereocenters. The van der Waals surface area contributed by atoms with Crippen LogP contribution in [0.2, 0.25) is 10.0 Å². The fourth-order valence-corrected chi connectivity index (χ4v) is 6.17. The molecular weight excluding hydrogens is 615 g/mol. The lowest BCUT2D eigenvalue weighted by molar-refractivity contribution is -0.143. The highest BCUT2D eigenvalue weighted by molar-refractivity contribution is 7.07. The van der Waals surface area contributed by atoms with E-state index < -0.39 is 29.6 Å². The Morgan fingerprint density at radius 2 is 1.77 bits per heavy atom. The molecule has 43 heavy (non-hydrogen) atoms. The van der Waals surface area contributed by atoms with Crippen molar-refractivity contribution in [2.24, 2.45) is 4.99 Å². The van der Waals surface area contributed by atoms with Crippen LogP contribution in [0.15, 0.2) is 74.0 Å². The smallest absolute Gasteiger partial charge is 0.338 e. The first-order chi connectivity index (χ1) is 20.5. The number of nitrogens with zero attached hydrogens (tertiary/aromatic N) is 2. The maximum atomic E-state index is 14.0. The molecule has 9 nitrogen and oxygen atoms in total. The molecule has 0 bridgehead atoms. The van der Waals surface area contributed by atoms with E-state index in [4.69, 9.17) is 41.8 Å². The second-order valence-corrected chi connectivity index (χ2v) is 11.7. The lowest BCUT2D eigenvalue weighted by Gasteiger charge is -2.26. The molecular formula is C31H26Cl2N2O7S. The Bertz CT molecular complexity index is 1970. The van der Waals surface area contributed by atoms with Crippen LogP contribution in [0.25, 0.3) is 17.4 Å². The number of esters is 2. The summed E-state index contributed by atoms with van der Waals surface area (Å²) in [6, 6.07) is 12.2. The quantitative estimate of drug-likeness (QED) is 0.244. The first-order valence-corrected chi connectivity index (χ1v) is 14.6. The number of halogens is 2. The molecule has 1 aliphatic heterocycles. The number of furan rings is 1. The second kappa shape index (κ2) is 12.2. The molecule has 3 heterocycles. The summed E-state index contributed by atoms with van der Waals surface area (Å²) in [5.74, 6) is 0.000892. The molecule has 0 unspecified atom stereocenters. The van der Waals surface area contributed by atoms with Crippen molar-refractivity contribution in [2.75, 3.05) is 14.2 Å². The molecule has 4 aromatic rings. The van der Waals surface area contributed by atoms with Crippen LogP contribution in [0.4, 0.5) is 0 Å². The van der Waals surface area contributed by atoms with Gasteiger partial charge < -0.3 is 18.6 Å². The maximum Gasteiger partial charge on any atom is 0.338 e. The topological polar surface area (TPSA) is 109 Å². The molecule has 1 aliphatic rings. The molecule has 0 fully saturated rings. The van der Waals surface area contributed by atoms with Gasteiger partial charge >= 0.3 is 11.9 Å². The SMILES string of the molecule is COC(=O)c1ccc(Cl)cc1-c1ccc(/C=c2\sc3n(c2=O)[C@@H](c2cc(Cl)ccc2OC)C(C(=O)OC(C)C)=C(C)N=3)o1. The van der Waals surface area contributed by atoms with E-state index >= 15 is 0 Å². The first kappa shape index (κ1) is 30.3. The number of allylic oxidation sites excluding steroid dienone is 1. The van der Waals surface area contributed by atoms with E-state index in [2.05, 4.69) is 4.99 Å². The van der Waals surface area contributed by atoms with Crippen LogP contribution in [-0.4, -0.2) is 36.8 Å². The summed E-state index contributed by atoms with van der Waals surface area (Å²) in [6.45, 7) is 5.18. The minimum absolute atomic E-state index is 0.199. The van der Waals surface area contributed by atoms with E-state index in [1.807, 2.05) is 0 Å². The molecule has 12 heteroatoms. The number of aromatic nitrogens is 1. The average Bonchev–Trinajstić information content (AvgIpc) is 3.55. The summed E-state index contributed by atoms with van der Waals surface area (Å²) in [6.07, 6.45) is 1.18. The van der Waals surface area contributed by atoms with Gasteiger partial charge in [-0.2, -0.15) is 0 Å². The number of hydrogen-bond acceptors (Lipinski definition) is 9. The van der Waals surface area contributed by atoms with Crippen LogP contribution in [0.1, 0.15) is 48.5 Å². The number of carbonyl (C=O) groups excluding carboxylic acids is 2. The predicted octanol–water partition coefficient (Wildman–Crippen LogP) is 5.55. The summed E-state index contributed by atoms with van der Waals surface area (Å²) in [4.78, 5) is 44.7. The largest absolute Gasteiger partial charge is 0.496 e. The zero-order valence-corrected chi connectivity index (χ0v) is 26.1. The van der Waals surface area contributed by atoms with Gasteiger partial charge in [-0.25, -0.2) is 14.6 Å². The van der Waals surface area contributed by atoms with Crippen molar-refractivity contribution in [1.82, 2.24) is 4.57 Å². The molecule has 0 aliphatic carbocycles. The average molecular weight is 642 g/mol. The number of thiazole rings is 1. The van der Waals surface area contributed by atoms with Gasteiger partial charge in [0, 0.05) is 27.2 Å². The standard InChI is InChI=1S/C31H26Cl2N2O7S/c1-15(2)41-30(38)26-16(3)34-31-35(27(26)22-13-18(33)7-10-23(22)39-4)28(36)25(43-31)14-19-8-11-24(42-19)21-12-17(32)6-9-20(21)29(37)40-5/h6-15,27H,1-5H3/b25-14-/t27-/m0/s1. The van der Waals surface area contributed by atoms with Crippen LogP contribution in [-0.2, 0) is 14.3 Å². The highest BCUT2D eigenvalue weighted by Crippen LogP contribution is 2.37. The molecule has 2 aromatic carbocycles. The van der Waals surface area contributed by atoms with Crippen molar-refractivity contribution in [1.29, 1.82) is 0 Å². The van der Waals surface area contributed by atoms with Gasteiger partial charge in [-0.1, -0.05) is 34.5 Å². The van der Waals surface area contributed by atoms with Gasteiger partial charge in [-0.05, 0) is 69.3 Å². The highest BCUT2D eigenvalue weighted by atomic mass is 35.5. The summed E-state index contributed by atoms with van der Waals surface area (Å²) < 4.78 is 23.8. The van der Waals surface area contributed by atoms with E-state index in [1.165, 1.54) is 18.8 Å². The van der Waals surface area contributed by atoms with Gasteiger partial charge in [0.25, 0.3) is 5.56 Å². The second-order valence-electron chi connectivity index (χ2n) is 9.81. The molecule has 0 radical (unpaired) electrons. The lowest BCUT2D eigenvalue weighted by Crippen LogP contribution is -2.40. The molecule has 5 rings (SSSR count). The number of hydrogen-bond donors (Lipinski definition) is 0. The molecule has 0 spiro atoms. The van der Waals surface area contributed by atoms with Gasteiger partial charge in [0.05, 0.1) is 41.7 Å². The zero-order chi connectivity index (χ0) is 31.0. The van der Waals surface area contributed by atoms with Crippen molar-refractivity contribution < 1.29 is 28.2 Å². The lowest BCUT2D eigenvalue weighted by atomic mass is 9.95. The highest BCUT2D eigenvalue weighted by Gasteiger charge is 2.35. The zero-order valence-electron chi connectivity index (χ0n) is 23.8. The Morgan fingerprint density at radius 3 is 2.47 bits per heavy atom. The third kappa shape index (κ3) is 5.90. The van der Waals surface area contributed by atoms with Gasteiger partial charge in [-0.15, -0.1) is 0 Å². The van der Waals surface area contributed by atoms with E-state index in [0.717, 1.165) is 11.3 Å². The van der Waals surface area contributed by atoms with Crippen molar-refractivity contribution in [3.05, 3.63) is 106 Å². The summed E-state index contributed by atoms with van der Waals surface area (Å²) >= 11 is 13.7. The van der Waals surface area contributed by atoms with Gasteiger partial charge in [0.15, 0.2) is 4.80 Å². The van der Waals surface area contributed by atoms with Gasteiger partial charge in [0.2, 0.25) is 0 Å². The van der Waals surface area contributed by atoms with Crippen molar-refractivity contribution >= 4 is 52.6 Å². The Labute approximate surface area is 260 Å². The molecule has 0 N–H and O–H groups in total. The number of carbonyl (C=O) groups is 2. The Morgan fingerprint density at radius 1 is 1.05 bits per heavy atom. The van der Waals surface area contributed by atoms with Crippen LogP contribution in [0, 0.1) is 0 Å². The van der Waals surface area contributed by atoms with E-state index in [-0.39, 0.29) is 11.1 Å². The number of fused-ring (bicyclic) bond motifs is 1. The van der Waals surface area contributed by atoms with E-state index in [1.54, 1.807) is 75.4 Å². The van der Waals surface area contributed by atoms with Crippen molar-refractivity contribution in [2.45, 2.75) is 32.9 Å². The summed E-state index contributed by atoms with van der Waals surface area (Å²) in [7, 11) is 2.79. The third-order valence-electron chi connectivity index (χ3n) is 6.62. The monoisotopic (exact) mass is 640 g/mol. The molecule has 0 saturated heterocycles. The Kier molecular flexibility index (Phi) is 8.64. The molecule has 0 saturated carbocycles. The Hall–Kier alpha value is -4.12. The van der Waals surface area contributed by atoms with E-state index in [0.29, 0.717) is 53.5 Å². The minimum atomic E-state index is -0.917. The van der Waals surface area contributed by atoms with Crippen molar-refractivity contribution in [3.8, 4) is 17.1 Å². The van der Waals surface area contributed by atoms with Gasteiger partial charge in [-0.3, -0.25) is 9.36 Å². The number of rotatable bonds is 7. The van der Waals surface area contributed by atoms with Crippen LogP contribution in [0.5, 0.6) is 5.75 Å². The maximum absolute atomic E-state index is 14.0. The van der Waals surface area contributed by atoms with Crippen molar-refractivity contribution in [3.63, 3.8) is 0 Å². The minimum Gasteiger partial charge on any atom is -0.496 e. The number of methoxy groups -OCH3 is 2. The van der Waals surface area contributed by atoms with E-state index in [9.17, 15) is 14.4 Å². The molecule has 2 aromatic heterocycles. The number of benzene rings is 2. The molecule has 0 amide bonds. The fourth-order valence-electron chi connectivity index (χ4n) is 4.79.